The Labute approximate surface area is 120 Å². The van der Waals surface area contributed by atoms with Gasteiger partial charge in [-0.25, -0.2) is 9.48 Å². The van der Waals surface area contributed by atoms with Crippen LogP contribution in [-0.4, -0.2) is 46.1 Å². The Bertz CT molecular complexity index is 481. The first kappa shape index (κ1) is 14.2. The smallest absolute Gasteiger partial charge is 0.410 e. The second kappa shape index (κ2) is 5.03. The topological polar surface area (TPSA) is 56.6 Å². The lowest BCUT2D eigenvalue weighted by Gasteiger charge is -2.33. The normalized spacial score (nSPS) is 18.5. The van der Waals surface area contributed by atoms with Gasteiger partial charge in [-0.1, -0.05) is 0 Å². The lowest BCUT2D eigenvalue weighted by molar-refractivity contribution is 0.0104. The predicted octanol–water partition coefficient (Wildman–Crippen LogP) is 2.27. The summed E-state index contributed by atoms with van der Waals surface area (Å²) in [6.07, 6.45) is 1.33. The second-order valence-electron chi connectivity index (χ2n) is 5.54. The standard InChI is InChI=1S/C12H18BrN3O3/c1-12(2,3)19-11(17)15(4)8-6-16-10(18-7-8)9(13)5-14-16/h5,8H,6-7H2,1-4H3/t8-/m1/s1. The number of hydrogen-bond acceptors (Lipinski definition) is 4. The molecule has 0 radical (unpaired) electrons. The highest BCUT2D eigenvalue weighted by Crippen LogP contribution is 2.28. The molecule has 1 atom stereocenters. The van der Waals surface area contributed by atoms with E-state index in [9.17, 15) is 4.79 Å². The molecule has 19 heavy (non-hydrogen) atoms. The SMILES string of the molecule is CN(C(=O)OC(C)(C)C)[C@H]1COc2c(Br)cnn2C1. The van der Waals surface area contributed by atoms with E-state index in [0.717, 1.165) is 4.47 Å². The average molecular weight is 332 g/mol. The van der Waals surface area contributed by atoms with E-state index in [0.29, 0.717) is 19.0 Å². The molecule has 0 N–H and O–H groups in total. The molecule has 2 heterocycles. The molecule has 7 heteroatoms. The molecule has 0 saturated carbocycles. The average Bonchev–Trinajstić information content (AvgIpc) is 2.67. The van der Waals surface area contributed by atoms with Crippen molar-refractivity contribution >= 4 is 22.0 Å². The van der Waals surface area contributed by atoms with Crippen LogP contribution in [0.2, 0.25) is 0 Å². The summed E-state index contributed by atoms with van der Waals surface area (Å²) in [5, 5.41) is 4.19. The Balaban J connectivity index is 2.02. The van der Waals surface area contributed by atoms with E-state index in [1.807, 2.05) is 20.8 Å². The summed E-state index contributed by atoms with van der Waals surface area (Å²) in [6.45, 7) is 6.56. The largest absolute Gasteiger partial charge is 0.475 e. The zero-order valence-corrected chi connectivity index (χ0v) is 13.1. The molecular weight excluding hydrogens is 314 g/mol. The van der Waals surface area contributed by atoms with Crippen LogP contribution in [0, 0.1) is 0 Å². The molecule has 1 aliphatic rings. The van der Waals surface area contributed by atoms with Gasteiger partial charge in [0.1, 0.15) is 12.2 Å². The van der Waals surface area contributed by atoms with E-state index in [2.05, 4.69) is 21.0 Å². The Kier molecular flexibility index (Phi) is 3.75. The molecule has 0 aliphatic carbocycles. The number of rotatable bonds is 1. The first-order chi connectivity index (χ1) is 8.78. The Morgan fingerprint density at radius 1 is 1.63 bits per heavy atom. The van der Waals surface area contributed by atoms with Crippen molar-refractivity contribution in [1.82, 2.24) is 14.7 Å². The van der Waals surface area contributed by atoms with Crippen LogP contribution in [0.15, 0.2) is 10.7 Å². The van der Waals surface area contributed by atoms with Crippen molar-refractivity contribution in [3.8, 4) is 5.88 Å². The zero-order valence-electron chi connectivity index (χ0n) is 11.5. The van der Waals surface area contributed by atoms with Gasteiger partial charge in [0.2, 0.25) is 5.88 Å². The molecule has 1 aromatic heterocycles. The molecule has 1 aliphatic heterocycles. The summed E-state index contributed by atoms with van der Waals surface area (Å²) >= 11 is 3.36. The lowest BCUT2D eigenvalue weighted by atomic mass is 10.2. The molecule has 0 saturated heterocycles. The van der Waals surface area contributed by atoms with Crippen molar-refractivity contribution in [3.05, 3.63) is 10.7 Å². The van der Waals surface area contributed by atoms with Crippen LogP contribution in [0.3, 0.4) is 0 Å². The molecule has 0 bridgehead atoms. The summed E-state index contributed by atoms with van der Waals surface area (Å²) in [4.78, 5) is 13.5. The fourth-order valence-electron chi connectivity index (χ4n) is 1.77. The van der Waals surface area contributed by atoms with Gasteiger partial charge in [-0.2, -0.15) is 5.10 Å². The van der Waals surface area contributed by atoms with Gasteiger partial charge in [0, 0.05) is 7.05 Å². The van der Waals surface area contributed by atoms with Crippen molar-refractivity contribution in [2.75, 3.05) is 13.7 Å². The minimum Gasteiger partial charge on any atom is -0.475 e. The first-order valence-electron chi connectivity index (χ1n) is 6.08. The quantitative estimate of drug-likeness (QED) is 0.792. The van der Waals surface area contributed by atoms with E-state index in [-0.39, 0.29) is 12.1 Å². The number of nitrogens with zero attached hydrogens (tertiary/aromatic N) is 3. The number of fused-ring (bicyclic) bond motifs is 1. The summed E-state index contributed by atoms with van der Waals surface area (Å²) in [5.41, 5.74) is -0.499. The molecule has 0 spiro atoms. The van der Waals surface area contributed by atoms with Crippen molar-refractivity contribution in [1.29, 1.82) is 0 Å². The maximum atomic E-state index is 12.0. The van der Waals surface area contributed by atoms with Gasteiger partial charge >= 0.3 is 6.09 Å². The predicted molar refractivity (Wildman–Crippen MR) is 73.2 cm³/mol. The van der Waals surface area contributed by atoms with Crippen LogP contribution < -0.4 is 4.74 Å². The summed E-state index contributed by atoms with van der Waals surface area (Å²) in [5.74, 6) is 0.703. The van der Waals surface area contributed by atoms with Crippen LogP contribution in [0.4, 0.5) is 4.79 Å². The fraction of sp³-hybridized carbons (Fsp3) is 0.667. The highest BCUT2D eigenvalue weighted by molar-refractivity contribution is 9.10. The summed E-state index contributed by atoms with van der Waals surface area (Å²) < 4.78 is 13.5. The van der Waals surface area contributed by atoms with Crippen molar-refractivity contribution in [2.24, 2.45) is 0 Å². The van der Waals surface area contributed by atoms with E-state index in [4.69, 9.17) is 9.47 Å². The molecule has 0 unspecified atom stereocenters. The Morgan fingerprint density at radius 3 is 2.95 bits per heavy atom. The Morgan fingerprint density at radius 2 is 2.32 bits per heavy atom. The van der Waals surface area contributed by atoms with Gasteiger partial charge in [0.05, 0.1) is 23.3 Å². The van der Waals surface area contributed by atoms with Gasteiger partial charge in [0.25, 0.3) is 0 Å². The maximum absolute atomic E-state index is 12.0. The van der Waals surface area contributed by atoms with E-state index >= 15 is 0 Å². The molecule has 0 fully saturated rings. The minimum absolute atomic E-state index is 0.0888. The monoisotopic (exact) mass is 331 g/mol. The highest BCUT2D eigenvalue weighted by Gasteiger charge is 2.30. The second-order valence-corrected chi connectivity index (χ2v) is 6.39. The minimum atomic E-state index is -0.499. The van der Waals surface area contributed by atoms with Gasteiger partial charge in [-0.05, 0) is 36.7 Å². The molecule has 1 amide bonds. The maximum Gasteiger partial charge on any atom is 0.410 e. The fourth-order valence-corrected chi connectivity index (χ4v) is 2.18. The van der Waals surface area contributed by atoms with Gasteiger partial charge in [-0.15, -0.1) is 0 Å². The van der Waals surface area contributed by atoms with Crippen LogP contribution in [-0.2, 0) is 11.3 Å². The number of amides is 1. The third-order valence-corrected chi connectivity index (χ3v) is 3.32. The molecule has 1 aromatic rings. The number of likely N-dealkylation sites (N-methyl/N-ethyl adjacent to an activating group) is 1. The van der Waals surface area contributed by atoms with Crippen LogP contribution >= 0.6 is 15.9 Å². The third-order valence-electron chi connectivity index (χ3n) is 2.77. The van der Waals surface area contributed by atoms with Gasteiger partial charge < -0.3 is 14.4 Å². The molecular formula is C12H18BrN3O3. The van der Waals surface area contributed by atoms with Crippen molar-refractivity contribution in [2.45, 2.75) is 39.0 Å². The van der Waals surface area contributed by atoms with Gasteiger partial charge in [0.15, 0.2) is 0 Å². The zero-order chi connectivity index (χ0) is 14.2. The van der Waals surface area contributed by atoms with Crippen LogP contribution in [0.25, 0.3) is 0 Å². The number of hydrogen-bond donors (Lipinski definition) is 0. The van der Waals surface area contributed by atoms with Crippen LogP contribution in [0.1, 0.15) is 20.8 Å². The lowest BCUT2D eigenvalue weighted by Crippen LogP contribution is -2.47. The van der Waals surface area contributed by atoms with Crippen molar-refractivity contribution < 1.29 is 14.3 Å². The number of carbonyl (C=O) groups is 1. The highest BCUT2D eigenvalue weighted by atomic mass is 79.9. The number of ether oxygens (including phenoxy) is 2. The first-order valence-corrected chi connectivity index (χ1v) is 6.87. The van der Waals surface area contributed by atoms with Gasteiger partial charge in [-0.3, -0.25) is 0 Å². The molecule has 0 aromatic carbocycles. The van der Waals surface area contributed by atoms with E-state index in [1.165, 1.54) is 0 Å². The number of aromatic nitrogens is 2. The van der Waals surface area contributed by atoms with Crippen LogP contribution in [0.5, 0.6) is 5.88 Å². The molecule has 106 valence electrons. The van der Waals surface area contributed by atoms with E-state index < -0.39 is 5.60 Å². The molecule has 6 nitrogen and oxygen atoms in total. The van der Waals surface area contributed by atoms with E-state index in [1.54, 1.807) is 22.8 Å². The third kappa shape index (κ3) is 3.20. The summed E-state index contributed by atoms with van der Waals surface area (Å²) in [7, 11) is 1.71. The number of halogens is 1. The van der Waals surface area contributed by atoms with Crippen molar-refractivity contribution in [3.63, 3.8) is 0 Å². The summed E-state index contributed by atoms with van der Waals surface area (Å²) in [6, 6.07) is -0.0888. The molecule has 2 rings (SSSR count). The Hall–Kier alpha value is -1.24. The number of carbonyl (C=O) groups excluding carboxylic acids is 1.